The summed E-state index contributed by atoms with van der Waals surface area (Å²) >= 11 is 6.11. The second-order valence-electron chi connectivity index (χ2n) is 8.30. The van der Waals surface area contributed by atoms with Gasteiger partial charge in [0.05, 0.1) is 11.7 Å². The molecule has 0 saturated carbocycles. The van der Waals surface area contributed by atoms with Gasteiger partial charge in [0.15, 0.2) is 0 Å². The molecule has 0 spiro atoms. The molecule has 0 bridgehead atoms. The molecule has 4 aromatic rings. The maximum absolute atomic E-state index is 6.39. The van der Waals surface area contributed by atoms with E-state index in [-0.39, 0.29) is 6.04 Å². The van der Waals surface area contributed by atoms with Crippen molar-refractivity contribution < 1.29 is 0 Å². The number of aromatic nitrogens is 2. The molecule has 6 nitrogen and oxygen atoms in total. The number of fused-ring (bicyclic) bond motifs is 2. The number of rotatable bonds is 4. The molecule has 3 heterocycles. The standard InChI is InChI=1S/C26H27ClN6/c1-16(28)25-21-8-3-17(20-9-12-30-26-22(20)10-13-31-26)15-23(21)24(11-14-33(25)29-2)32-19-6-4-18(27)5-7-19/h3-10,12-13,15,24,29,32H,11,14,28H2,1-2H3,(H,30,31)/b25-16-. The highest BCUT2D eigenvalue weighted by Gasteiger charge is 2.27. The van der Waals surface area contributed by atoms with Crippen LogP contribution < -0.4 is 16.5 Å². The highest BCUT2D eigenvalue weighted by atomic mass is 35.5. The van der Waals surface area contributed by atoms with Gasteiger partial charge in [0, 0.05) is 53.3 Å². The van der Waals surface area contributed by atoms with E-state index in [0.717, 1.165) is 62.8 Å². The molecule has 7 heteroatoms. The van der Waals surface area contributed by atoms with Gasteiger partial charge in [0.25, 0.3) is 0 Å². The molecule has 0 fully saturated rings. The first-order valence-electron chi connectivity index (χ1n) is 11.1. The number of pyridine rings is 1. The molecule has 0 saturated heterocycles. The zero-order valence-corrected chi connectivity index (χ0v) is 19.4. The second kappa shape index (κ2) is 8.81. The summed E-state index contributed by atoms with van der Waals surface area (Å²) in [6.07, 6.45) is 4.67. The van der Waals surface area contributed by atoms with E-state index in [1.54, 1.807) is 0 Å². The van der Waals surface area contributed by atoms with Crippen LogP contribution in [0.5, 0.6) is 0 Å². The summed E-state index contributed by atoms with van der Waals surface area (Å²) in [6.45, 7) is 2.77. The highest BCUT2D eigenvalue weighted by molar-refractivity contribution is 6.30. The molecule has 5 N–H and O–H groups in total. The van der Waals surface area contributed by atoms with Gasteiger partial charge in [-0.25, -0.2) is 10.4 Å². The first-order chi connectivity index (χ1) is 16.0. The molecule has 1 atom stereocenters. The maximum atomic E-state index is 6.39. The predicted molar refractivity (Wildman–Crippen MR) is 137 cm³/mol. The Labute approximate surface area is 198 Å². The van der Waals surface area contributed by atoms with Crippen LogP contribution >= 0.6 is 11.6 Å². The van der Waals surface area contributed by atoms with Crippen LogP contribution in [0.2, 0.25) is 5.02 Å². The van der Waals surface area contributed by atoms with E-state index in [9.17, 15) is 0 Å². The van der Waals surface area contributed by atoms with Crippen molar-refractivity contribution in [3.63, 3.8) is 0 Å². The number of halogens is 1. The molecule has 5 rings (SSSR count). The number of nitrogens with zero attached hydrogens (tertiary/aromatic N) is 2. The van der Waals surface area contributed by atoms with Gasteiger partial charge in [-0.15, -0.1) is 0 Å². The average molecular weight is 459 g/mol. The fraction of sp³-hybridized carbons (Fsp3) is 0.192. The molecule has 0 amide bonds. The molecule has 168 valence electrons. The Morgan fingerprint density at radius 1 is 1.12 bits per heavy atom. The number of allylic oxidation sites excluding steroid dienone is 1. The van der Waals surface area contributed by atoms with E-state index in [4.69, 9.17) is 17.3 Å². The largest absolute Gasteiger partial charge is 0.401 e. The van der Waals surface area contributed by atoms with Gasteiger partial charge >= 0.3 is 0 Å². The molecular formula is C26H27ClN6. The van der Waals surface area contributed by atoms with E-state index in [0.29, 0.717) is 0 Å². The Hall–Kier alpha value is -3.48. The minimum Gasteiger partial charge on any atom is -0.401 e. The van der Waals surface area contributed by atoms with E-state index < -0.39 is 0 Å². The topological polar surface area (TPSA) is 82.0 Å². The van der Waals surface area contributed by atoms with Gasteiger partial charge < -0.3 is 21.0 Å². The number of benzene rings is 2. The summed E-state index contributed by atoms with van der Waals surface area (Å²) in [4.78, 5) is 7.66. The summed E-state index contributed by atoms with van der Waals surface area (Å²) in [6, 6.07) is 18.7. The molecule has 2 aromatic carbocycles. The zero-order valence-electron chi connectivity index (χ0n) is 18.7. The summed E-state index contributed by atoms with van der Waals surface area (Å²) in [7, 11) is 1.93. The van der Waals surface area contributed by atoms with Crippen LogP contribution in [0.1, 0.15) is 30.5 Å². The number of hydrazine groups is 1. The molecule has 1 aliphatic heterocycles. The molecule has 0 radical (unpaired) electrons. The van der Waals surface area contributed by atoms with Crippen molar-refractivity contribution >= 4 is 34.0 Å². The lowest BCUT2D eigenvalue weighted by Gasteiger charge is -2.26. The number of hydrogen-bond acceptors (Lipinski definition) is 5. The Kier molecular flexibility index (Phi) is 5.70. The van der Waals surface area contributed by atoms with Crippen molar-refractivity contribution in [2.45, 2.75) is 19.4 Å². The quantitative estimate of drug-likeness (QED) is 0.323. The molecular weight excluding hydrogens is 432 g/mol. The monoisotopic (exact) mass is 458 g/mol. The van der Waals surface area contributed by atoms with Crippen LogP contribution in [0, 0.1) is 0 Å². The number of nitrogens with two attached hydrogens (primary N) is 1. The number of H-pyrrole nitrogens is 1. The molecule has 2 aromatic heterocycles. The Balaban J connectivity index is 1.66. The maximum Gasteiger partial charge on any atom is 0.137 e. The average Bonchev–Trinajstić information content (AvgIpc) is 3.25. The van der Waals surface area contributed by atoms with Gasteiger partial charge in [0.1, 0.15) is 5.65 Å². The molecule has 1 aliphatic rings. The normalized spacial score (nSPS) is 17.5. The summed E-state index contributed by atoms with van der Waals surface area (Å²) in [5.74, 6) is 0. The Morgan fingerprint density at radius 3 is 2.70 bits per heavy atom. The Morgan fingerprint density at radius 2 is 1.94 bits per heavy atom. The molecule has 0 aliphatic carbocycles. The highest BCUT2D eigenvalue weighted by Crippen LogP contribution is 2.39. The van der Waals surface area contributed by atoms with Gasteiger partial charge in [-0.1, -0.05) is 23.7 Å². The fourth-order valence-electron chi connectivity index (χ4n) is 4.66. The van der Waals surface area contributed by atoms with Gasteiger partial charge in [-0.3, -0.25) is 0 Å². The Bertz CT molecular complexity index is 1320. The van der Waals surface area contributed by atoms with Crippen LogP contribution in [0.4, 0.5) is 5.69 Å². The zero-order chi connectivity index (χ0) is 22.9. The first kappa shape index (κ1) is 21.4. The second-order valence-corrected chi connectivity index (χ2v) is 8.74. The molecule has 1 unspecified atom stereocenters. The third kappa shape index (κ3) is 4.03. The van der Waals surface area contributed by atoms with Crippen molar-refractivity contribution in [1.29, 1.82) is 0 Å². The van der Waals surface area contributed by atoms with E-state index in [2.05, 4.69) is 56.1 Å². The SMILES string of the molecule is CNN1CCC(Nc2ccc(Cl)cc2)c2cc(-c3ccnc4[nH]ccc34)ccc2/C1=C(\C)N. The predicted octanol–water partition coefficient (Wildman–Crippen LogP) is 5.52. The number of aromatic amines is 1. The van der Waals surface area contributed by atoms with Gasteiger partial charge in [0.2, 0.25) is 0 Å². The van der Waals surface area contributed by atoms with Crippen molar-refractivity contribution in [1.82, 2.24) is 20.4 Å². The summed E-state index contributed by atoms with van der Waals surface area (Å²) in [5, 5.41) is 7.69. The third-order valence-corrected chi connectivity index (χ3v) is 6.45. The third-order valence-electron chi connectivity index (χ3n) is 6.19. The van der Waals surface area contributed by atoms with Crippen molar-refractivity contribution in [2.24, 2.45) is 5.73 Å². The van der Waals surface area contributed by atoms with Crippen molar-refractivity contribution in [2.75, 3.05) is 18.9 Å². The first-order valence-corrected chi connectivity index (χ1v) is 11.4. The lowest BCUT2D eigenvalue weighted by Crippen LogP contribution is -2.35. The molecule has 33 heavy (non-hydrogen) atoms. The summed E-state index contributed by atoms with van der Waals surface area (Å²) < 4.78 is 0. The lowest BCUT2D eigenvalue weighted by atomic mass is 9.92. The van der Waals surface area contributed by atoms with E-state index in [1.807, 2.05) is 50.6 Å². The minimum absolute atomic E-state index is 0.0948. The van der Waals surface area contributed by atoms with Crippen LogP contribution in [-0.4, -0.2) is 28.6 Å². The van der Waals surface area contributed by atoms with Crippen LogP contribution in [0.3, 0.4) is 0 Å². The number of anilines is 1. The van der Waals surface area contributed by atoms with E-state index in [1.165, 1.54) is 5.56 Å². The van der Waals surface area contributed by atoms with Crippen molar-refractivity contribution in [3.05, 3.63) is 88.8 Å². The van der Waals surface area contributed by atoms with Gasteiger partial charge in [-0.2, -0.15) is 0 Å². The lowest BCUT2D eigenvalue weighted by molar-refractivity contribution is 0.311. The number of nitrogens with one attached hydrogen (secondary N) is 3. The number of hydrogen-bond donors (Lipinski definition) is 4. The smallest absolute Gasteiger partial charge is 0.137 e. The van der Waals surface area contributed by atoms with Crippen LogP contribution in [0.25, 0.3) is 27.9 Å². The van der Waals surface area contributed by atoms with Crippen molar-refractivity contribution in [3.8, 4) is 11.1 Å². The van der Waals surface area contributed by atoms with Crippen LogP contribution in [-0.2, 0) is 0 Å². The van der Waals surface area contributed by atoms with Gasteiger partial charge in [-0.05, 0) is 72.5 Å². The summed E-state index contributed by atoms with van der Waals surface area (Å²) in [5.41, 5.74) is 18.1. The fourth-order valence-corrected chi connectivity index (χ4v) is 4.79. The van der Waals surface area contributed by atoms with E-state index >= 15 is 0 Å². The van der Waals surface area contributed by atoms with Crippen LogP contribution in [0.15, 0.2) is 72.7 Å². The minimum atomic E-state index is 0.0948.